The number of hydrogen-bond donors (Lipinski definition) is 2. The van der Waals surface area contributed by atoms with Gasteiger partial charge in [-0.05, 0) is 19.1 Å². The van der Waals surface area contributed by atoms with Crippen molar-refractivity contribution in [1.29, 1.82) is 0 Å². The Bertz CT molecular complexity index is 261. The van der Waals surface area contributed by atoms with Crippen molar-refractivity contribution in [1.82, 2.24) is 0 Å². The lowest BCUT2D eigenvalue weighted by Gasteiger charge is -1.88. The average molecular weight is 180 g/mol. The minimum absolute atomic E-state index is 0.331. The van der Waals surface area contributed by atoms with Crippen LogP contribution in [0.2, 0.25) is 0 Å². The highest BCUT2D eigenvalue weighted by Gasteiger charge is 1.96. The summed E-state index contributed by atoms with van der Waals surface area (Å²) in [5.41, 5.74) is 0.331. The van der Waals surface area contributed by atoms with Crippen molar-refractivity contribution in [3.8, 4) is 0 Å². The summed E-state index contributed by atoms with van der Waals surface area (Å²) in [7, 11) is 0. The Labute approximate surface area is 77.0 Å². The van der Waals surface area contributed by atoms with Gasteiger partial charge in [-0.3, -0.25) is 0 Å². The fourth-order valence-electron chi connectivity index (χ4n) is 0.581. The highest BCUT2D eigenvalue weighted by Crippen LogP contribution is 1.96. The fourth-order valence-corrected chi connectivity index (χ4v) is 0.581. The Morgan fingerprint density at radius 2 is 1.77 bits per heavy atom. The number of aliphatic hydroxyl groups excluding tert-OH is 1. The predicted molar refractivity (Wildman–Crippen MR) is 50.8 cm³/mol. The van der Waals surface area contributed by atoms with Crippen LogP contribution in [0.4, 0.5) is 0 Å². The molecule has 1 rings (SSSR count). The molecule has 0 aliphatic rings. The molecule has 3 heteroatoms. The van der Waals surface area contributed by atoms with Crippen LogP contribution in [0.3, 0.4) is 0 Å². The molecule has 0 spiro atoms. The Kier molecular flexibility index (Phi) is 5.97. The van der Waals surface area contributed by atoms with E-state index in [4.69, 9.17) is 10.2 Å². The molecule has 0 aliphatic heterocycles. The summed E-state index contributed by atoms with van der Waals surface area (Å²) in [4.78, 5) is 10.2. The zero-order valence-electron chi connectivity index (χ0n) is 7.34. The first-order valence-corrected chi connectivity index (χ1v) is 3.76. The van der Waals surface area contributed by atoms with Crippen LogP contribution in [0.15, 0.2) is 42.7 Å². The number of aliphatic hydroxyl groups is 1. The van der Waals surface area contributed by atoms with Gasteiger partial charge in [0, 0.05) is 0 Å². The van der Waals surface area contributed by atoms with E-state index in [1.54, 1.807) is 43.3 Å². The quantitative estimate of drug-likeness (QED) is 0.652. The summed E-state index contributed by atoms with van der Waals surface area (Å²) in [5, 5.41) is 16.1. The normalized spacial score (nSPS) is 9.00. The molecule has 0 bridgehead atoms. The van der Waals surface area contributed by atoms with Gasteiger partial charge in [0.1, 0.15) is 0 Å². The van der Waals surface area contributed by atoms with Crippen LogP contribution < -0.4 is 0 Å². The minimum atomic E-state index is -0.879. The summed E-state index contributed by atoms with van der Waals surface area (Å²) >= 11 is 0. The van der Waals surface area contributed by atoms with Gasteiger partial charge in [0.2, 0.25) is 0 Å². The van der Waals surface area contributed by atoms with Crippen molar-refractivity contribution in [3.05, 3.63) is 48.2 Å². The van der Waals surface area contributed by atoms with Crippen molar-refractivity contribution in [3.63, 3.8) is 0 Å². The molecule has 0 saturated heterocycles. The van der Waals surface area contributed by atoms with Crippen molar-refractivity contribution >= 4 is 5.97 Å². The predicted octanol–water partition coefficient (Wildman–Crippen LogP) is 2.46. The van der Waals surface area contributed by atoms with Gasteiger partial charge in [-0.25, -0.2) is 4.79 Å². The van der Waals surface area contributed by atoms with Gasteiger partial charge in [0.05, 0.1) is 11.8 Å². The van der Waals surface area contributed by atoms with Gasteiger partial charge in [0.25, 0.3) is 0 Å². The largest absolute Gasteiger partial charge is 0.516 e. The molecule has 70 valence electrons. The molecule has 1 aromatic carbocycles. The smallest absolute Gasteiger partial charge is 0.335 e. The standard InChI is InChI=1S/C7H6O2.C3H6O/c8-7(9)6-4-2-1-3-5-6;1-2-3-4/h1-5H,(H,8,9);2-4H,1H3. The number of carboxylic acids is 1. The van der Waals surface area contributed by atoms with E-state index in [1.807, 2.05) is 0 Å². The third-order valence-corrected chi connectivity index (χ3v) is 1.17. The third kappa shape index (κ3) is 5.49. The molecular weight excluding hydrogens is 168 g/mol. The van der Waals surface area contributed by atoms with Crippen LogP contribution in [-0.2, 0) is 0 Å². The highest BCUT2D eigenvalue weighted by molar-refractivity contribution is 5.87. The van der Waals surface area contributed by atoms with E-state index in [2.05, 4.69) is 0 Å². The van der Waals surface area contributed by atoms with Crippen LogP contribution >= 0.6 is 0 Å². The fraction of sp³-hybridized carbons (Fsp3) is 0.100. The van der Waals surface area contributed by atoms with E-state index in [-0.39, 0.29) is 0 Å². The molecule has 0 unspecified atom stereocenters. The molecule has 0 aliphatic carbocycles. The number of rotatable bonds is 1. The molecular formula is C10H12O3. The van der Waals surface area contributed by atoms with Crippen LogP contribution in [-0.4, -0.2) is 16.2 Å². The molecule has 2 N–H and O–H groups in total. The maximum absolute atomic E-state index is 10.2. The maximum atomic E-state index is 10.2. The summed E-state index contributed by atoms with van der Waals surface area (Å²) in [6.07, 6.45) is 2.56. The topological polar surface area (TPSA) is 57.5 Å². The lowest BCUT2D eigenvalue weighted by atomic mass is 10.2. The second-order valence-corrected chi connectivity index (χ2v) is 2.15. The molecule has 0 amide bonds. The van der Waals surface area contributed by atoms with Gasteiger partial charge in [-0.2, -0.15) is 0 Å². The lowest BCUT2D eigenvalue weighted by molar-refractivity contribution is 0.0697. The average Bonchev–Trinajstić information content (AvgIpc) is 2.19. The minimum Gasteiger partial charge on any atom is -0.516 e. The van der Waals surface area contributed by atoms with E-state index < -0.39 is 5.97 Å². The zero-order valence-corrected chi connectivity index (χ0v) is 7.34. The monoisotopic (exact) mass is 180 g/mol. The number of hydrogen-bond acceptors (Lipinski definition) is 2. The maximum Gasteiger partial charge on any atom is 0.335 e. The number of benzene rings is 1. The second-order valence-electron chi connectivity index (χ2n) is 2.15. The van der Waals surface area contributed by atoms with Crippen LogP contribution in [0.1, 0.15) is 17.3 Å². The van der Waals surface area contributed by atoms with Crippen molar-refractivity contribution in [2.45, 2.75) is 6.92 Å². The second kappa shape index (κ2) is 6.91. The molecule has 0 aromatic heterocycles. The van der Waals surface area contributed by atoms with Gasteiger partial charge in [-0.1, -0.05) is 24.3 Å². The molecule has 0 saturated carbocycles. The first kappa shape index (κ1) is 11.2. The van der Waals surface area contributed by atoms with Gasteiger partial charge in [-0.15, -0.1) is 0 Å². The van der Waals surface area contributed by atoms with Crippen molar-refractivity contribution in [2.75, 3.05) is 0 Å². The number of aromatic carboxylic acids is 1. The molecule has 0 heterocycles. The summed E-state index contributed by atoms with van der Waals surface area (Å²) in [5.74, 6) is -0.879. The van der Waals surface area contributed by atoms with Crippen LogP contribution in [0, 0.1) is 0 Å². The van der Waals surface area contributed by atoms with E-state index in [9.17, 15) is 4.79 Å². The van der Waals surface area contributed by atoms with Crippen LogP contribution in [0.5, 0.6) is 0 Å². The Morgan fingerprint density at radius 3 is 2.00 bits per heavy atom. The van der Waals surface area contributed by atoms with E-state index in [0.717, 1.165) is 6.26 Å². The SMILES string of the molecule is CC=CO.O=C(O)c1ccccc1. The third-order valence-electron chi connectivity index (χ3n) is 1.17. The molecule has 3 nitrogen and oxygen atoms in total. The molecule has 0 atom stereocenters. The van der Waals surface area contributed by atoms with E-state index >= 15 is 0 Å². The Hall–Kier alpha value is -1.77. The van der Waals surface area contributed by atoms with E-state index in [1.165, 1.54) is 0 Å². The van der Waals surface area contributed by atoms with Gasteiger partial charge in [0.15, 0.2) is 0 Å². The molecule has 0 fully saturated rings. The number of carbonyl (C=O) groups is 1. The first-order valence-electron chi connectivity index (χ1n) is 3.76. The number of allylic oxidation sites excluding steroid dienone is 1. The summed E-state index contributed by atoms with van der Waals surface area (Å²) in [6, 6.07) is 8.30. The highest BCUT2D eigenvalue weighted by atomic mass is 16.4. The Balaban J connectivity index is 0.000000310. The lowest BCUT2D eigenvalue weighted by Crippen LogP contribution is -1.93. The zero-order chi connectivity index (χ0) is 10.1. The van der Waals surface area contributed by atoms with E-state index in [0.29, 0.717) is 5.56 Å². The molecule has 0 radical (unpaired) electrons. The summed E-state index contributed by atoms with van der Waals surface area (Å²) < 4.78 is 0. The van der Waals surface area contributed by atoms with Crippen LogP contribution in [0.25, 0.3) is 0 Å². The first-order chi connectivity index (χ1) is 6.22. The van der Waals surface area contributed by atoms with Crippen molar-refractivity contribution < 1.29 is 15.0 Å². The Morgan fingerprint density at radius 1 is 1.31 bits per heavy atom. The summed E-state index contributed by atoms with van der Waals surface area (Å²) in [6.45, 7) is 1.75. The van der Waals surface area contributed by atoms with Gasteiger partial charge >= 0.3 is 5.97 Å². The van der Waals surface area contributed by atoms with Gasteiger partial charge < -0.3 is 10.2 Å². The molecule has 13 heavy (non-hydrogen) atoms. The molecule has 1 aromatic rings. The number of carboxylic acid groups (broad SMARTS) is 1. The van der Waals surface area contributed by atoms with Crippen molar-refractivity contribution in [2.24, 2.45) is 0 Å².